The lowest BCUT2D eigenvalue weighted by atomic mass is 10.0. The predicted octanol–water partition coefficient (Wildman–Crippen LogP) is 2.50. The third-order valence-corrected chi connectivity index (χ3v) is 5.66. The van der Waals surface area contributed by atoms with Crippen LogP contribution in [0.25, 0.3) is 0 Å². The maximum absolute atomic E-state index is 13.0. The van der Waals surface area contributed by atoms with Crippen LogP contribution in [0.4, 0.5) is 11.4 Å². The predicted molar refractivity (Wildman–Crippen MR) is 110 cm³/mol. The number of para-hydroxylation sites is 2. The average Bonchev–Trinajstić information content (AvgIpc) is 2.74. The molecule has 0 saturated carbocycles. The van der Waals surface area contributed by atoms with Gasteiger partial charge in [-0.1, -0.05) is 12.1 Å². The first-order valence-electron chi connectivity index (χ1n) is 9.88. The number of fused-ring (bicyclic) bond motifs is 1. The number of carbonyl (C=O) groups is 1. The lowest BCUT2D eigenvalue weighted by Gasteiger charge is -2.37. The zero-order chi connectivity index (χ0) is 19.5. The van der Waals surface area contributed by atoms with Crippen LogP contribution in [0.5, 0.6) is 11.5 Å². The van der Waals surface area contributed by atoms with Gasteiger partial charge < -0.3 is 19.6 Å². The van der Waals surface area contributed by atoms with E-state index in [0.717, 1.165) is 62.7 Å². The Morgan fingerprint density at radius 1 is 1.04 bits per heavy atom. The summed E-state index contributed by atoms with van der Waals surface area (Å²) in [5.41, 5.74) is 3.07. The molecule has 0 radical (unpaired) electrons. The number of anilines is 2. The summed E-state index contributed by atoms with van der Waals surface area (Å²) in [6.07, 6.45) is 1.96. The summed E-state index contributed by atoms with van der Waals surface area (Å²) in [5.74, 6) is 1.31. The van der Waals surface area contributed by atoms with Gasteiger partial charge in [-0.05, 0) is 48.7 Å². The van der Waals surface area contributed by atoms with Crippen LogP contribution in [0.15, 0.2) is 42.5 Å². The van der Waals surface area contributed by atoms with Gasteiger partial charge in [0, 0.05) is 38.4 Å². The highest BCUT2D eigenvalue weighted by molar-refractivity contribution is 5.96. The first kappa shape index (κ1) is 18.6. The number of benzene rings is 2. The molecule has 1 N–H and O–H groups in total. The van der Waals surface area contributed by atoms with E-state index in [0.29, 0.717) is 12.3 Å². The van der Waals surface area contributed by atoms with Crippen LogP contribution in [0.1, 0.15) is 12.0 Å². The number of rotatable bonds is 4. The van der Waals surface area contributed by atoms with Crippen molar-refractivity contribution in [3.05, 3.63) is 48.0 Å². The smallest absolute Gasteiger partial charge is 0.241 e. The van der Waals surface area contributed by atoms with Gasteiger partial charge in [-0.2, -0.15) is 0 Å². The zero-order valence-electron chi connectivity index (χ0n) is 16.3. The summed E-state index contributed by atoms with van der Waals surface area (Å²) in [6, 6.07) is 13.4. The molecule has 1 amide bonds. The number of methoxy groups -OCH3 is 1. The highest BCUT2D eigenvalue weighted by atomic mass is 16.5. The molecule has 0 atom stereocenters. The lowest BCUT2D eigenvalue weighted by molar-refractivity contribution is -0.119. The first-order chi connectivity index (χ1) is 13.7. The van der Waals surface area contributed by atoms with E-state index in [9.17, 15) is 9.90 Å². The number of amides is 1. The lowest BCUT2D eigenvalue weighted by Crippen LogP contribution is -2.50. The van der Waals surface area contributed by atoms with Gasteiger partial charge in [0.25, 0.3) is 0 Å². The SMILES string of the molecule is COc1ccc2c(c1)CCCN2C(=O)CN1CCN(c2ccccc2O)CC1. The van der Waals surface area contributed by atoms with Crippen molar-refractivity contribution >= 4 is 17.3 Å². The molecule has 148 valence electrons. The topological polar surface area (TPSA) is 56.2 Å². The summed E-state index contributed by atoms with van der Waals surface area (Å²) in [4.78, 5) is 19.3. The number of nitrogens with zero attached hydrogens (tertiary/aromatic N) is 3. The van der Waals surface area contributed by atoms with Gasteiger partial charge in [-0.15, -0.1) is 0 Å². The quantitative estimate of drug-likeness (QED) is 0.882. The van der Waals surface area contributed by atoms with Crippen molar-refractivity contribution < 1.29 is 14.6 Å². The molecule has 2 heterocycles. The van der Waals surface area contributed by atoms with E-state index in [4.69, 9.17) is 4.74 Å². The van der Waals surface area contributed by atoms with Crippen molar-refractivity contribution in [2.24, 2.45) is 0 Å². The fourth-order valence-corrected chi connectivity index (χ4v) is 4.11. The summed E-state index contributed by atoms with van der Waals surface area (Å²) >= 11 is 0. The summed E-state index contributed by atoms with van der Waals surface area (Å²) in [7, 11) is 1.67. The Bertz CT molecular complexity index is 847. The van der Waals surface area contributed by atoms with E-state index in [2.05, 4.69) is 9.80 Å². The molecule has 6 nitrogen and oxygen atoms in total. The number of carbonyl (C=O) groups excluding carboxylic acids is 1. The number of phenols is 1. The highest BCUT2D eigenvalue weighted by Crippen LogP contribution is 2.31. The molecule has 1 fully saturated rings. The second-order valence-corrected chi connectivity index (χ2v) is 7.40. The molecule has 2 aliphatic heterocycles. The van der Waals surface area contributed by atoms with E-state index in [-0.39, 0.29) is 5.91 Å². The average molecular weight is 381 g/mol. The van der Waals surface area contributed by atoms with Crippen LogP contribution in [0, 0.1) is 0 Å². The van der Waals surface area contributed by atoms with Crippen molar-refractivity contribution in [1.82, 2.24) is 4.90 Å². The minimum Gasteiger partial charge on any atom is -0.506 e. The largest absolute Gasteiger partial charge is 0.506 e. The summed E-state index contributed by atoms with van der Waals surface area (Å²) in [5, 5.41) is 10.0. The molecule has 0 aliphatic carbocycles. The third kappa shape index (κ3) is 3.78. The number of aryl methyl sites for hydroxylation is 1. The standard InChI is InChI=1S/C22H27N3O3/c1-28-18-8-9-19-17(15-18)5-4-10-25(19)22(27)16-23-11-13-24(14-12-23)20-6-2-3-7-21(20)26/h2-3,6-9,15,26H,4-5,10-14,16H2,1H3. The van der Waals surface area contributed by atoms with Gasteiger partial charge in [0.1, 0.15) is 11.5 Å². The first-order valence-corrected chi connectivity index (χ1v) is 9.88. The molecule has 1 saturated heterocycles. The van der Waals surface area contributed by atoms with Crippen molar-refractivity contribution in [1.29, 1.82) is 0 Å². The minimum absolute atomic E-state index is 0.155. The van der Waals surface area contributed by atoms with Crippen LogP contribution in [-0.2, 0) is 11.2 Å². The Morgan fingerprint density at radius 3 is 2.57 bits per heavy atom. The molecule has 0 unspecified atom stereocenters. The highest BCUT2D eigenvalue weighted by Gasteiger charge is 2.26. The number of ether oxygens (including phenoxy) is 1. The fraction of sp³-hybridized carbons (Fsp3) is 0.409. The zero-order valence-corrected chi connectivity index (χ0v) is 16.3. The number of hydrogen-bond donors (Lipinski definition) is 1. The molecular weight excluding hydrogens is 354 g/mol. The monoisotopic (exact) mass is 381 g/mol. The number of aromatic hydroxyl groups is 1. The van der Waals surface area contributed by atoms with Crippen LogP contribution in [0.2, 0.25) is 0 Å². The van der Waals surface area contributed by atoms with Crippen LogP contribution < -0.4 is 14.5 Å². The Balaban J connectivity index is 1.37. The fourth-order valence-electron chi connectivity index (χ4n) is 4.11. The molecule has 4 rings (SSSR count). The van der Waals surface area contributed by atoms with E-state index >= 15 is 0 Å². The summed E-state index contributed by atoms with van der Waals surface area (Å²) < 4.78 is 5.32. The van der Waals surface area contributed by atoms with Gasteiger partial charge in [-0.25, -0.2) is 0 Å². The van der Waals surface area contributed by atoms with Gasteiger partial charge in [0.15, 0.2) is 0 Å². The molecular formula is C22H27N3O3. The molecule has 0 bridgehead atoms. The van der Waals surface area contributed by atoms with Gasteiger partial charge >= 0.3 is 0 Å². The van der Waals surface area contributed by atoms with E-state index in [1.807, 2.05) is 41.3 Å². The maximum atomic E-state index is 13.0. The van der Waals surface area contributed by atoms with Crippen LogP contribution in [0.3, 0.4) is 0 Å². The van der Waals surface area contributed by atoms with E-state index in [1.165, 1.54) is 5.56 Å². The number of hydrogen-bond acceptors (Lipinski definition) is 5. The van der Waals surface area contributed by atoms with Crippen molar-refractivity contribution in [3.8, 4) is 11.5 Å². The van der Waals surface area contributed by atoms with Crippen molar-refractivity contribution in [2.75, 3.05) is 56.2 Å². The Hall–Kier alpha value is -2.73. The summed E-state index contributed by atoms with van der Waals surface area (Å²) in [6.45, 7) is 4.43. The molecule has 6 heteroatoms. The maximum Gasteiger partial charge on any atom is 0.241 e. The molecule has 2 aromatic rings. The Morgan fingerprint density at radius 2 is 1.82 bits per heavy atom. The third-order valence-electron chi connectivity index (χ3n) is 5.66. The van der Waals surface area contributed by atoms with Crippen molar-refractivity contribution in [3.63, 3.8) is 0 Å². The van der Waals surface area contributed by atoms with E-state index in [1.54, 1.807) is 13.2 Å². The minimum atomic E-state index is 0.155. The Labute approximate surface area is 165 Å². The molecule has 0 spiro atoms. The number of piperazine rings is 1. The Kier molecular flexibility index (Phi) is 5.39. The van der Waals surface area contributed by atoms with E-state index < -0.39 is 0 Å². The molecule has 0 aromatic heterocycles. The van der Waals surface area contributed by atoms with Crippen LogP contribution in [-0.4, -0.2) is 62.3 Å². The molecule has 28 heavy (non-hydrogen) atoms. The molecule has 2 aliphatic rings. The van der Waals surface area contributed by atoms with Crippen molar-refractivity contribution in [2.45, 2.75) is 12.8 Å². The normalized spacial score (nSPS) is 17.3. The second kappa shape index (κ2) is 8.10. The van der Waals surface area contributed by atoms with Gasteiger partial charge in [-0.3, -0.25) is 9.69 Å². The number of phenolic OH excluding ortho intramolecular Hbond substituents is 1. The van der Waals surface area contributed by atoms with Crippen LogP contribution >= 0.6 is 0 Å². The molecule has 2 aromatic carbocycles. The van der Waals surface area contributed by atoms with Gasteiger partial charge in [0.2, 0.25) is 5.91 Å². The second-order valence-electron chi connectivity index (χ2n) is 7.40. The van der Waals surface area contributed by atoms with Gasteiger partial charge in [0.05, 0.1) is 19.3 Å².